The zero-order chi connectivity index (χ0) is 9.80. The molecule has 1 aromatic heterocycles. The molecule has 2 aromatic rings. The van der Waals surface area contributed by atoms with Crippen LogP contribution in [0.5, 0.6) is 0 Å². The Kier molecular flexibility index (Phi) is 3.20. The van der Waals surface area contributed by atoms with Crippen molar-refractivity contribution < 1.29 is 0 Å². The molecule has 0 aliphatic rings. The van der Waals surface area contributed by atoms with Gasteiger partial charge in [0.05, 0.1) is 0 Å². The molecule has 0 aliphatic carbocycles. The number of thiophene rings is 1. The van der Waals surface area contributed by atoms with Crippen molar-refractivity contribution in [1.82, 2.24) is 0 Å². The molecular weight excluding hydrogens is 188 g/mol. The van der Waals surface area contributed by atoms with Crippen LogP contribution < -0.4 is 0 Å². The Morgan fingerprint density at radius 2 is 2.07 bits per heavy atom. The van der Waals surface area contributed by atoms with Crippen molar-refractivity contribution in [2.75, 3.05) is 0 Å². The molecule has 0 saturated carbocycles. The van der Waals surface area contributed by atoms with E-state index in [0.717, 1.165) is 6.42 Å². The first-order chi connectivity index (χ1) is 6.92. The zero-order valence-corrected chi connectivity index (χ0v) is 9.15. The van der Waals surface area contributed by atoms with Gasteiger partial charge >= 0.3 is 0 Å². The summed E-state index contributed by atoms with van der Waals surface area (Å²) in [7, 11) is 0. The molecule has 0 aliphatic heterocycles. The molecule has 0 fully saturated rings. The molecule has 1 radical (unpaired) electrons. The van der Waals surface area contributed by atoms with Crippen molar-refractivity contribution in [3.63, 3.8) is 0 Å². The van der Waals surface area contributed by atoms with E-state index in [1.165, 1.54) is 34.9 Å². The van der Waals surface area contributed by atoms with Gasteiger partial charge in [-0.25, -0.2) is 0 Å². The number of benzene rings is 1. The Morgan fingerprint density at radius 3 is 2.93 bits per heavy atom. The number of rotatable bonds is 4. The van der Waals surface area contributed by atoms with Gasteiger partial charge in [0, 0.05) is 4.70 Å². The summed E-state index contributed by atoms with van der Waals surface area (Å²) in [4.78, 5) is 0. The lowest BCUT2D eigenvalue weighted by molar-refractivity contribution is 0.749. The summed E-state index contributed by atoms with van der Waals surface area (Å²) in [6.45, 7) is 3.87. The van der Waals surface area contributed by atoms with Crippen LogP contribution in [0.15, 0.2) is 29.6 Å². The average Bonchev–Trinajstić information content (AvgIpc) is 2.67. The molecule has 0 N–H and O–H groups in total. The largest absolute Gasteiger partial charge is 0.144 e. The summed E-state index contributed by atoms with van der Waals surface area (Å²) in [5, 5.41) is 3.57. The van der Waals surface area contributed by atoms with Crippen molar-refractivity contribution in [2.24, 2.45) is 0 Å². The van der Waals surface area contributed by atoms with Crippen LogP contribution in [0.2, 0.25) is 0 Å². The van der Waals surface area contributed by atoms with Gasteiger partial charge in [-0.05, 0) is 35.2 Å². The maximum atomic E-state index is 3.87. The molecule has 0 atom stereocenters. The maximum absolute atomic E-state index is 3.87. The van der Waals surface area contributed by atoms with E-state index in [1.54, 1.807) is 0 Å². The Labute approximate surface area is 89.6 Å². The summed E-state index contributed by atoms with van der Waals surface area (Å²) in [6.07, 6.45) is 4.76. The number of fused-ring (bicyclic) bond motifs is 1. The first-order valence-corrected chi connectivity index (χ1v) is 6.04. The summed E-state index contributed by atoms with van der Waals surface area (Å²) in [5.74, 6) is 0. The standard InChI is InChI=1S/C13H15S/c1-2-3-4-6-11-7-5-8-12-9-10-14-13(11)12/h5,7-10H,1-4,6H2. The van der Waals surface area contributed by atoms with Gasteiger partial charge in [-0.2, -0.15) is 0 Å². The third-order valence-corrected chi connectivity index (χ3v) is 3.51. The highest BCUT2D eigenvalue weighted by Crippen LogP contribution is 2.25. The van der Waals surface area contributed by atoms with Gasteiger partial charge < -0.3 is 0 Å². The highest BCUT2D eigenvalue weighted by molar-refractivity contribution is 7.17. The van der Waals surface area contributed by atoms with Crippen LogP contribution in [0, 0.1) is 6.92 Å². The van der Waals surface area contributed by atoms with Gasteiger partial charge in [0.15, 0.2) is 0 Å². The number of hydrogen-bond acceptors (Lipinski definition) is 1. The Morgan fingerprint density at radius 1 is 1.14 bits per heavy atom. The topological polar surface area (TPSA) is 0 Å². The van der Waals surface area contributed by atoms with Crippen molar-refractivity contribution in [1.29, 1.82) is 0 Å². The molecule has 0 unspecified atom stereocenters. The van der Waals surface area contributed by atoms with Crippen molar-refractivity contribution in [3.8, 4) is 0 Å². The Hall–Kier alpha value is -0.820. The number of aryl methyl sites for hydroxylation is 1. The summed E-state index contributed by atoms with van der Waals surface area (Å²) in [5.41, 5.74) is 1.51. The molecule has 73 valence electrons. The zero-order valence-electron chi connectivity index (χ0n) is 8.33. The van der Waals surface area contributed by atoms with Crippen LogP contribution in [0.1, 0.15) is 24.8 Å². The van der Waals surface area contributed by atoms with E-state index in [4.69, 9.17) is 0 Å². The molecule has 0 nitrogen and oxygen atoms in total. The predicted molar refractivity (Wildman–Crippen MR) is 64.7 cm³/mol. The average molecular weight is 203 g/mol. The smallest absolute Gasteiger partial charge is 0.0374 e. The van der Waals surface area contributed by atoms with Crippen molar-refractivity contribution >= 4 is 21.4 Å². The number of hydrogen-bond donors (Lipinski definition) is 0. The fraction of sp³-hybridized carbons (Fsp3) is 0.308. The molecule has 0 bridgehead atoms. The minimum Gasteiger partial charge on any atom is -0.144 e. The molecule has 0 saturated heterocycles. The second-order valence-electron chi connectivity index (χ2n) is 3.57. The molecule has 2 rings (SSSR count). The van der Waals surface area contributed by atoms with Gasteiger partial charge in [0.2, 0.25) is 0 Å². The quantitative estimate of drug-likeness (QED) is 0.644. The molecule has 14 heavy (non-hydrogen) atoms. The molecule has 1 heteroatoms. The molecule has 1 heterocycles. The van der Waals surface area contributed by atoms with E-state index < -0.39 is 0 Å². The summed E-state index contributed by atoms with van der Waals surface area (Å²) < 4.78 is 1.47. The van der Waals surface area contributed by atoms with Gasteiger partial charge in [0.1, 0.15) is 0 Å². The second-order valence-corrected chi connectivity index (χ2v) is 4.48. The lowest BCUT2D eigenvalue weighted by Crippen LogP contribution is -1.84. The van der Waals surface area contributed by atoms with Crippen LogP contribution in [0.4, 0.5) is 0 Å². The van der Waals surface area contributed by atoms with Crippen LogP contribution in [-0.2, 0) is 6.42 Å². The van der Waals surface area contributed by atoms with E-state index in [1.807, 2.05) is 11.3 Å². The SMILES string of the molecule is [CH2]CCCCc1cccc2ccsc12. The lowest BCUT2D eigenvalue weighted by atomic mass is 10.1. The third-order valence-electron chi connectivity index (χ3n) is 2.51. The maximum Gasteiger partial charge on any atom is 0.0374 e. The van der Waals surface area contributed by atoms with E-state index in [0.29, 0.717) is 0 Å². The Bertz CT molecular complexity index is 400. The fourth-order valence-electron chi connectivity index (χ4n) is 1.74. The Balaban J connectivity index is 2.19. The molecule has 1 aromatic carbocycles. The minimum atomic E-state index is 1.06. The van der Waals surface area contributed by atoms with Gasteiger partial charge in [-0.3, -0.25) is 0 Å². The normalized spacial score (nSPS) is 10.9. The third kappa shape index (κ3) is 1.98. The molecule has 0 spiro atoms. The summed E-state index contributed by atoms with van der Waals surface area (Å²) >= 11 is 1.86. The van der Waals surface area contributed by atoms with Crippen molar-refractivity contribution in [3.05, 3.63) is 42.1 Å². The minimum absolute atomic E-state index is 1.06. The second kappa shape index (κ2) is 4.61. The predicted octanol–water partition coefficient (Wildman–Crippen LogP) is 4.45. The monoisotopic (exact) mass is 203 g/mol. The van der Waals surface area contributed by atoms with Crippen LogP contribution in [0.25, 0.3) is 10.1 Å². The van der Waals surface area contributed by atoms with E-state index in [2.05, 4.69) is 36.6 Å². The van der Waals surface area contributed by atoms with Crippen molar-refractivity contribution in [2.45, 2.75) is 25.7 Å². The van der Waals surface area contributed by atoms with E-state index in [-0.39, 0.29) is 0 Å². The van der Waals surface area contributed by atoms with Crippen LogP contribution in [0.3, 0.4) is 0 Å². The van der Waals surface area contributed by atoms with Crippen LogP contribution >= 0.6 is 11.3 Å². The highest BCUT2D eigenvalue weighted by atomic mass is 32.1. The van der Waals surface area contributed by atoms with Gasteiger partial charge in [0.25, 0.3) is 0 Å². The van der Waals surface area contributed by atoms with E-state index >= 15 is 0 Å². The highest BCUT2D eigenvalue weighted by Gasteiger charge is 2.00. The fourth-order valence-corrected chi connectivity index (χ4v) is 2.69. The van der Waals surface area contributed by atoms with E-state index in [9.17, 15) is 0 Å². The van der Waals surface area contributed by atoms with Gasteiger partial charge in [-0.1, -0.05) is 38.0 Å². The number of unbranched alkanes of at least 4 members (excludes halogenated alkanes) is 2. The first kappa shape index (κ1) is 9.72. The first-order valence-electron chi connectivity index (χ1n) is 5.16. The molecule has 0 amide bonds. The molecular formula is C13H15S. The lowest BCUT2D eigenvalue weighted by Gasteiger charge is -2.01. The summed E-state index contributed by atoms with van der Waals surface area (Å²) in [6, 6.07) is 8.80. The van der Waals surface area contributed by atoms with Crippen LogP contribution in [-0.4, -0.2) is 0 Å². The van der Waals surface area contributed by atoms with Gasteiger partial charge in [-0.15, -0.1) is 11.3 Å².